The fourth-order valence-electron chi connectivity index (χ4n) is 2.46. The van der Waals surface area contributed by atoms with Crippen molar-refractivity contribution >= 4 is 17.4 Å². The summed E-state index contributed by atoms with van der Waals surface area (Å²) in [6.45, 7) is 6.64. The zero-order valence-electron chi connectivity index (χ0n) is 11.3. The van der Waals surface area contributed by atoms with Crippen molar-refractivity contribution < 1.29 is 4.74 Å². The number of anilines is 1. The molecule has 2 rings (SSSR count). The molecule has 2 unspecified atom stereocenters. The molecule has 2 N–H and O–H groups in total. The molecule has 1 aromatic rings. The molecule has 0 radical (unpaired) electrons. The Balaban J connectivity index is 2.36. The zero-order chi connectivity index (χ0) is 13.1. The Morgan fingerprint density at radius 2 is 2.22 bits per heavy atom. The summed E-state index contributed by atoms with van der Waals surface area (Å²) in [6, 6.07) is 6.85. The maximum absolute atomic E-state index is 5.94. The highest BCUT2D eigenvalue weighted by atomic mass is 32.2. The van der Waals surface area contributed by atoms with Gasteiger partial charge in [-0.1, -0.05) is 6.07 Å². The van der Waals surface area contributed by atoms with Crippen LogP contribution in [0.25, 0.3) is 0 Å². The minimum atomic E-state index is 0.282. The molecule has 1 aliphatic rings. The van der Waals surface area contributed by atoms with Gasteiger partial charge in [0.25, 0.3) is 0 Å². The lowest BCUT2D eigenvalue weighted by molar-refractivity contribution is 0.0343. The van der Waals surface area contributed by atoms with Crippen LogP contribution in [0.2, 0.25) is 0 Å². The van der Waals surface area contributed by atoms with Gasteiger partial charge in [0.1, 0.15) is 0 Å². The third-order valence-corrected chi connectivity index (χ3v) is 4.27. The molecule has 1 saturated heterocycles. The van der Waals surface area contributed by atoms with E-state index >= 15 is 0 Å². The van der Waals surface area contributed by atoms with E-state index in [2.05, 4.69) is 43.2 Å². The molecule has 3 nitrogen and oxygen atoms in total. The monoisotopic (exact) mass is 266 g/mol. The van der Waals surface area contributed by atoms with Crippen molar-refractivity contribution in [2.24, 2.45) is 5.73 Å². The highest BCUT2D eigenvalue weighted by molar-refractivity contribution is 7.98. The molecule has 100 valence electrons. The Morgan fingerprint density at radius 1 is 1.44 bits per heavy atom. The van der Waals surface area contributed by atoms with Crippen molar-refractivity contribution in [3.8, 4) is 0 Å². The molecule has 0 aromatic heterocycles. The molecule has 4 heteroatoms. The molecule has 0 aliphatic carbocycles. The van der Waals surface area contributed by atoms with Gasteiger partial charge in [0.15, 0.2) is 0 Å². The van der Waals surface area contributed by atoms with Crippen LogP contribution in [0, 0.1) is 0 Å². The second kappa shape index (κ2) is 5.95. The Bertz CT molecular complexity index is 411. The Hall–Kier alpha value is -0.710. The van der Waals surface area contributed by atoms with Crippen LogP contribution in [0.4, 0.5) is 5.69 Å². The lowest BCUT2D eigenvalue weighted by Crippen LogP contribution is -2.47. The lowest BCUT2D eigenvalue weighted by Gasteiger charge is -2.39. The number of rotatable bonds is 3. The summed E-state index contributed by atoms with van der Waals surface area (Å²) in [7, 11) is 0. The molecular formula is C14H22N2OS. The first-order valence-electron chi connectivity index (χ1n) is 6.41. The van der Waals surface area contributed by atoms with Crippen LogP contribution >= 0.6 is 11.8 Å². The number of nitrogens with two attached hydrogens (primary N) is 1. The Morgan fingerprint density at radius 3 is 2.89 bits per heavy atom. The van der Waals surface area contributed by atoms with Gasteiger partial charge in [0, 0.05) is 35.3 Å². The van der Waals surface area contributed by atoms with Crippen LogP contribution in [0.1, 0.15) is 19.4 Å². The van der Waals surface area contributed by atoms with Crippen LogP contribution in [0.5, 0.6) is 0 Å². The summed E-state index contributed by atoms with van der Waals surface area (Å²) in [6.07, 6.45) is 2.38. The van der Waals surface area contributed by atoms with E-state index in [-0.39, 0.29) is 6.10 Å². The molecule has 0 spiro atoms. The number of morpholine rings is 1. The maximum Gasteiger partial charge on any atom is 0.0723 e. The molecular weight excluding hydrogens is 244 g/mol. The molecule has 0 saturated carbocycles. The van der Waals surface area contributed by atoms with E-state index in [1.165, 1.54) is 16.1 Å². The highest BCUT2D eigenvalue weighted by Crippen LogP contribution is 2.31. The standard InChI is InChI=1S/C14H22N2OS/c1-10-9-17-11(2)8-16(10)13-5-4-6-14(18-3)12(13)7-15/h4-6,10-11H,7-9,15H2,1-3H3. The van der Waals surface area contributed by atoms with Crippen LogP contribution in [0.15, 0.2) is 23.1 Å². The largest absolute Gasteiger partial charge is 0.375 e. The highest BCUT2D eigenvalue weighted by Gasteiger charge is 2.25. The quantitative estimate of drug-likeness (QED) is 0.853. The van der Waals surface area contributed by atoms with Gasteiger partial charge in [-0.2, -0.15) is 0 Å². The number of hydrogen-bond donors (Lipinski definition) is 1. The van der Waals surface area contributed by atoms with Crippen molar-refractivity contribution in [2.75, 3.05) is 24.3 Å². The number of hydrogen-bond acceptors (Lipinski definition) is 4. The second-order valence-corrected chi connectivity index (χ2v) is 5.66. The normalized spacial score (nSPS) is 24.3. The van der Waals surface area contributed by atoms with Crippen molar-refractivity contribution in [1.82, 2.24) is 0 Å². The fraction of sp³-hybridized carbons (Fsp3) is 0.571. The Kier molecular flexibility index (Phi) is 4.54. The molecule has 18 heavy (non-hydrogen) atoms. The van der Waals surface area contributed by atoms with E-state index in [9.17, 15) is 0 Å². The number of ether oxygens (including phenoxy) is 1. The van der Waals surface area contributed by atoms with Crippen LogP contribution in [-0.2, 0) is 11.3 Å². The maximum atomic E-state index is 5.94. The van der Waals surface area contributed by atoms with Crippen molar-refractivity contribution in [3.63, 3.8) is 0 Å². The van der Waals surface area contributed by atoms with Gasteiger partial charge in [0.2, 0.25) is 0 Å². The molecule has 1 heterocycles. The van der Waals surface area contributed by atoms with E-state index in [0.29, 0.717) is 12.6 Å². The van der Waals surface area contributed by atoms with Gasteiger partial charge in [-0.05, 0) is 32.2 Å². The SMILES string of the molecule is CSc1cccc(N2CC(C)OCC2C)c1CN. The number of thioether (sulfide) groups is 1. The third kappa shape index (κ3) is 2.66. The van der Waals surface area contributed by atoms with Crippen LogP contribution in [0.3, 0.4) is 0 Å². The minimum Gasteiger partial charge on any atom is -0.375 e. The van der Waals surface area contributed by atoms with Gasteiger partial charge >= 0.3 is 0 Å². The van der Waals surface area contributed by atoms with Crippen LogP contribution in [-0.4, -0.2) is 31.6 Å². The zero-order valence-corrected chi connectivity index (χ0v) is 12.2. The summed E-state index contributed by atoms with van der Waals surface area (Å²) in [5, 5.41) is 0. The third-order valence-electron chi connectivity index (χ3n) is 3.45. The second-order valence-electron chi connectivity index (χ2n) is 4.81. The number of nitrogens with zero attached hydrogens (tertiary/aromatic N) is 1. The smallest absolute Gasteiger partial charge is 0.0723 e. The molecule has 1 aromatic carbocycles. The van der Waals surface area contributed by atoms with Gasteiger partial charge in [-0.25, -0.2) is 0 Å². The molecule has 1 fully saturated rings. The predicted molar refractivity (Wildman–Crippen MR) is 78.3 cm³/mol. The average Bonchev–Trinajstić information content (AvgIpc) is 2.40. The lowest BCUT2D eigenvalue weighted by atomic mass is 10.1. The van der Waals surface area contributed by atoms with Gasteiger partial charge < -0.3 is 15.4 Å². The van der Waals surface area contributed by atoms with Gasteiger partial charge in [-0.15, -0.1) is 11.8 Å². The van der Waals surface area contributed by atoms with E-state index in [0.717, 1.165) is 13.2 Å². The summed E-state index contributed by atoms with van der Waals surface area (Å²) >= 11 is 1.76. The van der Waals surface area contributed by atoms with Crippen LogP contribution < -0.4 is 10.6 Å². The van der Waals surface area contributed by atoms with Crippen molar-refractivity contribution in [2.45, 2.75) is 37.4 Å². The molecule has 2 atom stereocenters. The van der Waals surface area contributed by atoms with E-state index < -0.39 is 0 Å². The van der Waals surface area contributed by atoms with E-state index in [1.807, 2.05) is 0 Å². The van der Waals surface area contributed by atoms with Crippen molar-refractivity contribution in [1.29, 1.82) is 0 Å². The summed E-state index contributed by atoms with van der Waals surface area (Å²) < 4.78 is 5.69. The first-order chi connectivity index (χ1) is 8.67. The predicted octanol–water partition coefficient (Wildman–Crippen LogP) is 2.48. The molecule has 0 bridgehead atoms. The average molecular weight is 266 g/mol. The number of benzene rings is 1. The van der Waals surface area contributed by atoms with E-state index in [4.69, 9.17) is 10.5 Å². The Labute approximate surface area is 114 Å². The summed E-state index contributed by atoms with van der Waals surface area (Å²) in [5.74, 6) is 0. The first kappa shape index (κ1) is 13.7. The molecule has 1 aliphatic heterocycles. The summed E-state index contributed by atoms with van der Waals surface area (Å²) in [4.78, 5) is 3.71. The van der Waals surface area contributed by atoms with Crippen molar-refractivity contribution in [3.05, 3.63) is 23.8 Å². The molecule has 0 amide bonds. The first-order valence-corrected chi connectivity index (χ1v) is 7.64. The van der Waals surface area contributed by atoms with Gasteiger partial charge in [0.05, 0.1) is 12.7 Å². The minimum absolute atomic E-state index is 0.282. The topological polar surface area (TPSA) is 38.5 Å². The fourth-order valence-corrected chi connectivity index (χ4v) is 3.11. The van der Waals surface area contributed by atoms with E-state index in [1.54, 1.807) is 11.8 Å². The summed E-state index contributed by atoms with van der Waals surface area (Å²) in [5.41, 5.74) is 8.47. The van der Waals surface area contributed by atoms with Gasteiger partial charge in [-0.3, -0.25) is 0 Å².